The normalized spacial score (nSPS) is 10.8. The van der Waals surface area contributed by atoms with Crippen LogP contribution in [0.5, 0.6) is 0 Å². The molecule has 0 saturated carbocycles. The highest BCUT2D eigenvalue weighted by Gasteiger charge is 2.02. The topological polar surface area (TPSA) is 41.3 Å². The number of benzene rings is 2. The molecular formula is C18H25N3. The fourth-order valence-corrected chi connectivity index (χ4v) is 2.38. The molecule has 0 aliphatic heterocycles. The Balaban J connectivity index is 1.71. The SMILES string of the molecule is Cc1cccc(NCCCN(C)Cc2ccccc2)c1N. The second-order valence-corrected chi connectivity index (χ2v) is 5.54. The molecule has 0 aliphatic rings. The second kappa shape index (κ2) is 7.70. The maximum absolute atomic E-state index is 6.05. The van der Waals surface area contributed by atoms with Gasteiger partial charge < -0.3 is 16.0 Å². The van der Waals surface area contributed by atoms with Crippen LogP contribution in [0, 0.1) is 6.92 Å². The number of anilines is 2. The largest absolute Gasteiger partial charge is 0.397 e. The van der Waals surface area contributed by atoms with E-state index < -0.39 is 0 Å². The van der Waals surface area contributed by atoms with Gasteiger partial charge in [0.25, 0.3) is 0 Å². The molecule has 2 aromatic carbocycles. The molecule has 2 rings (SSSR count). The van der Waals surface area contributed by atoms with Crippen molar-refractivity contribution in [1.82, 2.24) is 4.90 Å². The molecule has 112 valence electrons. The minimum Gasteiger partial charge on any atom is -0.397 e. The molecule has 0 saturated heterocycles. The van der Waals surface area contributed by atoms with Gasteiger partial charge in [0.05, 0.1) is 11.4 Å². The number of para-hydroxylation sites is 1. The standard InChI is InChI=1S/C18H25N3/c1-15-8-6-11-17(18(15)19)20-12-7-13-21(2)14-16-9-4-3-5-10-16/h3-6,8-11,20H,7,12-14,19H2,1-2H3. The molecule has 0 aromatic heterocycles. The molecule has 0 amide bonds. The maximum atomic E-state index is 6.05. The summed E-state index contributed by atoms with van der Waals surface area (Å²) in [5.41, 5.74) is 10.4. The molecule has 0 heterocycles. The van der Waals surface area contributed by atoms with Crippen molar-refractivity contribution in [2.24, 2.45) is 0 Å². The molecule has 3 N–H and O–H groups in total. The zero-order chi connectivity index (χ0) is 15.1. The smallest absolute Gasteiger partial charge is 0.0579 e. The quantitative estimate of drug-likeness (QED) is 0.603. The van der Waals surface area contributed by atoms with Crippen molar-refractivity contribution in [2.75, 3.05) is 31.2 Å². The molecule has 0 fully saturated rings. The minimum atomic E-state index is 0.857. The Labute approximate surface area is 127 Å². The monoisotopic (exact) mass is 283 g/mol. The van der Waals surface area contributed by atoms with E-state index in [1.807, 2.05) is 25.1 Å². The van der Waals surface area contributed by atoms with Crippen LogP contribution in [0.2, 0.25) is 0 Å². The fraction of sp³-hybridized carbons (Fsp3) is 0.333. The molecule has 3 nitrogen and oxygen atoms in total. The van der Waals surface area contributed by atoms with Crippen LogP contribution in [0.4, 0.5) is 11.4 Å². The van der Waals surface area contributed by atoms with Gasteiger partial charge in [-0.25, -0.2) is 0 Å². The Morgan fingerprint density at radius 2 is 1.81 bits per heavy atom. The van der Waals surface area contributed by atoms with Crippen molar-refractivity contribution >= 4 is 11.4 Å². The Kier molecular flexibility index (Phi) is 5.64. The average molecular weight is 283 g/mol. The second-order valence-electron chi connectivity index (χ2n) is 5.54. The van der Waals surface area contributed by atoms with E-state index in [2.05, 4.69) is 47.6 Å². The summed E-state index contributed by atoms with van der Waals surface area (Å²) in [4.78, 5) is 2.34. The van der Waals surface area contributed by atoms with Crippen molar-refractivity contribution < 1.29 is 0 Å². The zero-order valence-corrected chi connectivity index (χ0v) is 13.0. The van der Waals surface area contributed by atoms with Crippen LogP contribution in [0.25, 0.3) is 0 Å². The number of hydrogen-bond acceptors (Lipinski definition) is 3. The first-order valence-corrected chi connectivity index (χ1v) is 7.48. The summed E-state index contributed by atoms with van der Waals surface area (Å²) in [5, 5.41) is 3.42. The van der Waals surface area contributed by atoms with Gasteiger partial charge in [0.1, 0.15) is 0 Å². The van der Waals surface area contributed by atoms with E-state index in [4.69, 9.17) is 5.73 Å². The lowest BCUT2D eigenvalue weighted by Gasteiger charge is -2.17. The lowest BCUT2D eigenvalue weighted by atomic mass is 10.1. The number of nitrogens with one attached hydrogen (secondary N) is 1. The third kappa shape index (κ3) is 4.80. The Morgan fingerprint density at radius 1 is 1.05 bits per heavy atom. The van der Waals surface area contributed by atoms with Crippen LogP contribution in [0.1, 0.15) is 17.5 Å². The van der Waals surface area contributed by atoms with Gasteiger partial charge in [-0.05, 0) is 44.1 Å². The van der Waals surface area contributed by atoms with E-state index in [0.717, 1.165) is 43.0 Å². The summed E-state index contributed by atoms with van der Waals surface area (Å²) < 4.78 is 0. The highest BCUT2D eigenvalue weighted by atomic mass is 15.1. The summed E-state index contributed by atoms with van der Waals surface area (Å²) in [7, 11) is 2.16. The fourth-order valence-electron chi connectivity index (χ4n) is 2.38. The van der Waals surface area contributed by atoms with Crippen LogP contribution in [-0.2, 0) is 6.54 Å². The van der Waals surface area contributed by atoms with Gasteiger partial charge >= 0.3 is 0 Å². The number of nitrogens with zero attached hydrogens (tertiary/aromatic N) is 1. The number of nitrogen functional groups attached to an aromatic ring is 1. The first-order valence-electron chi connectivity index (χ1n) is 7.48. The Hall–Kier alpha value is -2.00. The van der Waals surface area contributed by atoms with Crippen LogP contribution < -0.4 is 11.1 Å². The van der Waals surface area contributed by atoms with Crippen molar-refractivity contribution in [3.05, 3.63) is 59.7 Å². The first-order chi connectivity index (χ1) is 10.2. The summed E-state index contributed by atoms with van der Waals surface area (Å²) in [6, 6.07) is 16.7. The maximum Gasteiger partial charge on any atom is 0.0579 e. The molecule has 0 atom stereocenters. The molecule has 0 aliphatic carbocycles. The van der Waals surface area contributed by atoms with E-state index in [-0.39, 0.29) is 0 Å². The predicted octanol–water partition coefficient (Wildman–Crippen LogP) is 3.51. The van der Waals surface area contributed by atoms with Crippen LogP contribution in [-0.4, -0.2) is 25.0 Å². The van der Waals surface area contributed by atoms with E-state index in [1.165, 1.54) is 5.56 Å². The van der Waals surface area contributed by atoms with Gasteiger partial charge in [0, 0.05) is 13.1 Å². The number of hydrogen-bond donors (Lipinski definition) is 2. The van der Waals surface area contributed by atoms with Crippen molar-refractivity contribution in [1.29, 1.82) is 0 Å². The summed E-state index contributed by atoms with van der Waals surface area (Å²) in [6.45, 7) is 5.03. The van der Waals surface area contributed by atoms with Crippen molar-refractivity contribution in [3.63, 3.8) is 0 Å². The summed E-state index contributed by atoms with van der Waals surface area (Å²) in [5.74, 6) is 0. The first kappa shape index (κ1) is 15.4. The Bertz CT molecular complexity index is 552. The van der Waals surface area contributed by atoms with E-state index >= 15 is 0 Å². The Morgan fingerprint density at radius 3 is 2.57 bits per heavy atom. The number of aryl methyl sites for hydroxylation is 1. The highest BCUT2D eigenvalue weighted by molar-refractivity contribution is 5.69. The van der Waals surface area contributed by atoms with E-state index in [1.54, 1.807) is 0 Å². The van der Waals surface area contributed by atoms with Gasteiger partial charge in [-0.3, -0.25) is 0 Å². The van der Waals surface area contributed by atoms with Gasteiger partial charge in [-0.15, -0.1) is 0 Å². The van der Waals surface area contributed by atoms with Gasteiger partial charge in [0.15, 0.2) is 0 Å². The molecule has 0 spiro atoms. The predicted molar refractivity (Wildman–Crippen MR) is 91.5 cm³/mol. The lowest BCUT2D eigenvalue weighted by molar-refractivity contribution is 0.325. The summed E-state index contributed by atoms with van der Waals surface area (Å²) in [6.07, 6.45) is 1.09. The molecule has 0 unspecified atom stereocenters. The van der Waals surface area contributed by atoms with Crippen LogP contribution in [0.15, 0.2) is 48.5 Å². The van der Waals surface area contributed by atoms with Crippen LogP contribution in [0.3, 0.4) is 0 Å². The average Bonchev–Trinajstić information content (AvgIpc) is 2.49. The van der Waals surface area contributed by atoms with Crippen molar-refractivity contribution in [3.8, 4) is 0 Å². The molecule has 0 radical (unpaired) electrons. The molecule has 3 heteroatoms. The molecule has 21 heavy (non-hydrogen) atoms. The number of rotatable bonds is 7. The third-order valence-corrected chi connectivity index (χ3v) is 3.65. The minimum absolute atomic E-state index is 0.857. The number of nitrogens with two attached hydrogens (primary N) is 1. The van der Waals surface area contributed by atoms with E-state index in [9.17, 15) is 0 Å². The van der Waals surface area contributed by atoms with Gasteiger partial charge in [-0.2, -0.15) is 0 Å². The lowest BCUT2D eigenvalue weighted by Crippen LogP contribution is -2.21. The van der Waals surface area contributed by atoms with Gasteiger partial charge in [-0.1, -0.05) is 42.5 Å². The van der Waals surface area contributed by atoms with Gasteiger partial charge in [0.2, 0.25) is 0 Å². The third-order valence-electron chi connectivity index (χ3n) is 3.65. The van der Waals surface area contributed by atoms with Crippen LogP contribution >= 0.6 is 0 Å². The molecular weight excluding hydrogens is 258 g/mol. The zero-order valence-electron chi connectivity index (χ0n) is 13.0. The highest BCUT2D eigenvalue weighted by Crippen LogP contribution is 2.21. The summed E-state index contributed by atoms with van der Waals surface area (Å²) >= 11 is 0. The van der Waals surface area contributed by atoms with Crippen molar-refractivity contribution in [2.45, 2.75) is 19.9 Å². The molecule has 2 aromatic rings. The van der Waals surface area contributed by atoms with E-state index in [0.29, 0.717) is 0 Å². The molecule has 0 bridgehead atoms.